The first-order valence-corrected chi connectivity index (χ1v) is 13.6. The van der Waals surface area contributed by atoms with Crippen LogP contribution >= 0.6 is 0 Å². The topological polar surface area (TPSA) is 225 Å². The highest BCUT2D eigenvalue weighted by Gasteiger charge is 2.13. The zero-order valence-corrected chi connectivity index (χ0v) is 24.7. The monoisotopic (exact) mass is 635 g/mol. The van der Waals surface area contributed by atoms with Crippen molar-refractivity contribution in [1.29, 1.82) is 0 Å². The molecule has 5 rings (SSSR count). The Morgan fingerprint density at radius 3 is 1.30 bits per heavy atom. The Kier molecular flexibility index (Phi) is 9.51. The lowest BCUT2D eigenvalue weighted by atomic mass is 10.2. The molecule has 0 spiro atoms. The second-order valence-corrected chi connectivity index (χ2v) is 9.41. The van der Waals surface area contributed by atoms with E-state index in [2.05, 4.69) is 46.0 Å². The predicted octanol–water partition coefficient (Wildman–Crippen LogP) is 7.31. The van der Waals surface area contributed by atoms with Crippen molar-refractivity contribution in [2.75, 3.05) is 24.9 Å². The maximum atomic E-state index is 11.4. The molecule has 5 aromatic rings. The summed E-state index contributed by atoms with van der Waals surface area (Å²) in [5, 5.41) is 51.2. The summed E-state index contributed by atoms with van der Waals surface area (Å²) in [6.45, 7) is 0. The van der Waals surface area contributed by atoms with Gasteiger partial charge in [-0.3, -0.25) is 0 Å². The van der Waals surface area contributed by atoms with E-state index in [0.29, 0.717) is 34.1 Å². The standard InChI is InChI=1S/C31H25N9O7/c1-46-25-13-11-21(15-23(25)27(41)42)39-37-19-7-3-17(4-8-19)32-29-34-30(36-31(45)35-29)33-18-5-9-20(10-6-18)38-40-22-12-14-26(47-2)24(16-22)28(43)44/h3-16H,1-2H3,(H,41,42)(H,43,44)(H3,32,33,34,35,36,45). The zero-order chi connectivity index (χ0) is 33.3. The first kappa shape index (κ1) is 31.5. The van der Waals surface area contributed by atoms with E-state index in [9.17, 15) is 24.9 Å². The molecular weight excluding hydrogens is 610 g/mol. The predicted molar refractivity (Wildman–Crippen MR) is 169 cm³/mol. The van der Waals surface area contributed by atoms with Gasteiger partial charge >= 0.3 is 17.9 Å². The number of rotatable bonds is 12. The number of hydrogen-bond donors (Lipinski definition) is 5. The number of nitrogens with zero attached hydrogens (tertiary/aromatic N) is 7. The maximum Gasteiger partial charge on any atom is 0.339 e. The molecule has 1 heterocycles. The van der Waals surface area contributed by atoms with Crippen LogP contribution in [0, 0.1) is 0 Å². The normalized spacial score (nSPS) is 11.0. The lowest BCUT2D eigenvalue weighted by Crippen LogP contribution is -2.03. The number of aromatic carboxylic acids is 2. The first-order chi connectivity index (χ1) is 22.7. The highest BCUT2D eigenvalue weighted by atomic mass is 16.5. The molecule has 0 saturated carbocycles. The summed E-state index contributed by atoms with van der Waals surface area (Å²) in [4.78, 5) is 35.0. The molecule has 16 heteroatoms. The number of aromatic nitrogens is 3. The average molecular weight is 636 g/mol. The molecule has 236 valence electrons. The fraction of sp³-hybridized carbons (Fsp3) is 0.0645. The summed E-state index contributed by atoms with van der Waals surface area (Å²) in [5.74, 6) is -1.70. The van der Waals surface area contributed by atoms with Gasteiger partial charge in [0.15, 0.2) is 0 Å². The molecule has 0 fully saturated rings. The molecule has 0 aliphatic rings. The largest absolute Gasteiger partial charge is 0.496 e. The molecule has 0 aliphatic carbocycles. The molecule has 4 aromatic carbocycles. The summed E-state index contributed by atoms with van der Waals surface area (Å²) in [5.41, 5.74) is 2.80. The van der Waals surface area contributed by atoms with E-state index in [-0.39, 0.29) is 34.5 Å². The number of benzene rings is 4. The van der Waals surface area contributed by atoms with E-state index in [1.54, 1.807) is 60.7 Å². The summed E-state index contributed by atoms with van der Waals surface area (Å²) in [6, 6.07) is 21.9. The zero-order valence-electron chi connectivity index (χ0n) is 24.7. The van der Waals surface area contributed by atoms with E-state index in [1.807, 2.05) is 0 Å². The Hall–Kier alpha value is -6.97. The van der Waals surface area contributed by atoms with Crippen molar-refractivity contribution < 1.29 is 34.4 Å². The van der Waals surface area contributed by atoms with Gasteiger partial charge in [-0.2, -0.15) is 35.4 Å². The second-order valence-electron chi connectivity index (χ2n) is 9.41. The van der Waals surface area contributed by atoms with E-state index in [1.165, 1.54) is 38.5 Å². The number of hydrogen-bond acceptors (Lipinski definition) is 14. The van der Waals surface area contributed by atoms with Gasteiger partial charge in [0.2, 0.25) is 11.9 Å². The number of carboxylic acids is 2. The fourth-order valence-corrected chi connectivity index (χ4v) is 4.04. The molecule has 5 N–H and O–H groups in total. The fourth-order valence-electron chi connectivity index (χ4n) is 4.04. The van der Waals surface area contributed by atoms with Crippen molar-refractivity contribution >= 4 is 58.0 Å². The minimum atomic E-state index is -1.14. The van der Waals surface area contributed by atoms with Crippen molar-refractivity contribution in [3.8, 4) is 17.5 Å². The molecular formula is C31H25N9O7. The van der Waals surface area contributed by atoms with Crippen LogP contribution in [-0.2, 0) is 0 Å². The van der Waals surface area contributed by atoms with Crippen LogP contribution < -0.4 is 20.1 Å². The van der Waals surface area contributed by atoms with Crippen molar-refractivity contribution in [1.82, 2.24) is 15.0 Å². The third kappa shape index (κ3) is 8.15. The minimum Gasteiger partial charge on any atom is -0.496 e. The molecule has 0 aliphatic heterocycles. The van der Waals surface area contributed by atoms with E-state index < -0.39 is 17.9 Å². The van der Waals surface area contributed by atoms with Crippen molar-refractivity contribution in [3.05, 3.63) is 96.1 Å². The van der Waals surface area contributed by atoms with Gasteiger partial charge in [0, 0.05) is 11.4 Å². The number of aromatic hydroxyl groups is 1. The molecule has 0 unspecified atom stereocenters. The quantitative estimate of drug-likeness (QED) is 0.0850. The van der Waals surface area contributed by atoms with Gasteiger partial charge in [0.25, 0.3) is 0 Å². The number of carboxylic acid groups (broad SMARTS) is 2. The molecule has 47 heavy (non-hydrogen) atoms. The lowest BCUT2D eigenvalue weighted by Gasteiger charge is -2.09. The van der Waals surface area contributed by atoms with Crippen LogP contribution in [-0.4, -0.2) is 56.4 Å². The van der Waals surface area contributed by atoms with Crippen molar-refractivity contribution in [3.63, 3.8) is 0 Å². The van der Waals surface area contributed by atoms with Crippen LogP contribution in [0.5, 0.6) is 17.5 Å². The molecule has 0 amide bonds. The van der Waals surface area contributed by atoms with E-state index in [0.717, 1.165) is 0 Å². The molecule has 1 aromatic heterocycles. The Morgan fingerprint density at radius 1 is 0.574 bits per heavy atom. The van der Waals surface area contributed by atoms with Crippen molar-refractivity contribution in [2.24, 2.45) is 20.5 Å². The van der Waals surface area contributed by atoms with Crippen LogP contribution in [0.2, 0.25) is 0 Å². The van der Waals surface area contributed by atoms with Gasteiger partial charge in [-0.15, -0.1) is 0 Å². The average Bonchev–Trinajstić information content (AvgIpc) is 3.07. The summed E-state index contributed by atoms with van der Waals surface area (Å²) in [7, 11) is 2.77. The van der Waals surface area contributed by atoms with E-state index >= 15 is 0 Å². The maximum absolute atomic E-state index is 11.4. The van der Waals surface area contributed by atoms with E-state index in [4.69, 9.17) is 9.47 Å². The van der Waals surface area contributed by atoms with Gasteiger partial charge < -0.3 is 35.4 Å². The number of nitrogens with one attached hydrogen (secondary N) is 2. The Labute approximate surface area is 266 Å². The molecule has 0 bridgehead atoms. The molecule has 0 atom stereocenters. The SMILES string of the molecule is COc1ccc(N=Nc2ccc(Nc3nc(O)nc(Nc4ccc(N=Nc5ccc(OC)c(C(=O)O)c5)cc4)n3)cc2)cc1C(=O)O. The molecule has 0 saturated heterocycles. The highest BCUT2D eigenvalue weighted by molar-refractivity contribution is 5.92. The van der Waals surface area contributed by atoms with Crippen LogP contribution in [0.1, 0.15) is 20.7 Å². The molecule has 16 nitrogen and oxygen atoms in total. The smallest absolute Gasteiger partial charge is 0.339 e. The number of methoxy groups -OCH3 is 2. The van der Waals surface area contributed by atoms with Crippen LogP contribution in [0.3, 0.4) is 0 Å². The van der Waals surface area contributed by atoms with Crippen LogP contribution in [0.15, 0.2) is 105 Å². The van der Waals surface area contributed by atoms with Gasteiger partial charge in [-0.1, -0.05) is 0 Å². The first-order valence-electron chi connectivity index (χ1n) is 13.6. The molecule has 0 radical (unpaired) electrons. The minimum absolute atomic E-state index is 0.0267. The van der Waals surface area contributed by atoms with Crippen LogP contribution in [0.25, 0.3) is 0 Å². The van der Waals surface area contributed by atoms with Gasteiger partial charge in [-0.25, -0.2) is 9.59 Å². The van der Waals surface area contributed by atoms with Crippen molar-refractivity contribution in [2.45, 2.75) is 0 Å². The second kappa shape index (κ2) is 14.2. The Morgan fingerprint density at radius 2 is 0.936 bits per heavy atom. The van der Waals surface area contributed by atoms with Crippen LogP contribution in [0.4, 0.5) is 46.0 Å². The third-order valence-electron chi connectivity index (χ3n) is 6.26. The van der Waals surface area contributed by atoms with Gasteiger partial charge in [-0.05, 0) is 84.9 Å². The number of azo groups is 2. The van der Waals surface area contributed by atoms with Gasteiger partial charge in [0.1, 0.15) is 22.6 Å². The lowest BCUT2D eigenvalue weighted by molar-refractivity contribution is 0.0682. The Bertz CT molecular complexity index is 1840. The summed E-state index contributed by atoms with van der Waals surface area (Å²) >= 11 is 0. The number of ether oxygens (including phenoxy) is 2. The number of carbonyl (C=O) groups is 2. The number of anilines is 4. The van der Waals surface area contributed by atoms with Gasteiger partial charge in [0.05, 0.1) is 37.0 Å². The third-order valence-corrected chi connectivity index (χ3v) is 6.26. The summed E-state index contributed by atoms with van der Waals surface area (Å²) < 4.78 is 10.1. The highest BCUT2D eigenvalue weighted by Crippen LogP contribution is 2.29. The Balaban J connectivity index is 1.21. The summed E-state index contributed by atoms with van der Waals surface area (Å²) in [6.07, 6.45) is 0.